The summed E-state index contributed by atoms with van der Waals surface area (Å²) in [6, 6.07) is 21.5. The SMILES string of the molecule is CO[C@@](C(=O)OCC/C=C\[C@H](CCc1ccccc1)OC(=O)[C@](OC)(c1ccccc1)C(F)(F)F)(c1ccccc1)C(F)(F)F. The van der Waals surface area contributed by atoms with Crippen molar-refractivity contribution in [3.63, 3.8) is 0 Å². The summed E-state index contributed by atoms with van der Waals surface area (Å²) in [6.45, 7) is -0.530. The van der Waals surface area contributed by atoms with Crippen LogP contribution in [-0.4, -0.2) is 51.2 Å². The Balaban J connectivity index is 1.79. The highest BCUT2D eigenvalue weighted by Crippen LogP contribution is 2.44. The van der Waals surface area contributed by atoms with Crippen molar-refractivity contribution in [1.29, 1.82) is 0 Å². The summed E-state index contributed by atoms with van der Waals surface area (Å²) in [7, 11) is 1.49. The highest BCUT2D eigenvalue weighted by atomic mass is 19.4. The first kappa shape index (κ1) is 35.3. The lowest BCUT2D eigenvalue weighted by molar-refractivity contribution is -0.278. The Bertz CT molecular complexity index is 1400. The lowest BCUT2D eigenvalue weighted by Gasteiger charge is -2.33. The van der Waals surface area contributed by atoms with Crippen molar-refractivity contribution >= 4 is 11.9 Å². The zero-order valence-corrected chi connectivity index (χ0v) is 24.4. The number of carbonyl (C=O) groups is 2. The van der Waals surface area contributed by atoms with Gasteiger partial charge in [0, 0.05) is 25.3 Å². The molecule has 0 saturated carbocycles. The van der Waals surface area contributed by atoms with Crippen molar-refractivity contribution in [2.75, 3.05) is 20.8 Å². The molecule has 242 valence electrons. The molecular weight excluding hydrogens is 606 g/mol. The molecule has 45 heavy (non-hydrogen) atoms. The van der Waals surface area contributed by atoms with E-state index in [1.165, 1.54) is 48.6 Å². The Labute approximate surface area is 256 Å². The molecule has 0 fully saturated rings. The van der Waals surface area contributed by atoms with Gasteiger partial charge in [-0.2, -0.15) is 26.3 Å². The molecule has 0 aliphatic heterocycles. The number of halogens is 6. The second-order valence-corrected chi connectivity index (χ2v) is 9.82. The highest BCUT2D eigenvalue weighted by Gasteiger charge is 2.65. The fourth-order valence-electron chi connectivity index (χ4n) is 4.71. The first-order valence-corrected chi connectivity index (χ1v) is 13.8. The summed E-state index contributed by atoms with van der Waals surface area (Å²) < 4.78 is 105. The fraction of sp³-hybridized carbons (Fsp3) is 0.333. The molecule has 0 spiro atoms. The van der Waals surface area contributed by atoms with Gasteiger partial charge in [-0.25, -0.2) is 9.59 Å². The van der Waals surface area contributed by atoms with E-state index >= 15 is 0 Å². The molecule has 0 saturated heterocycles. The predicted molar refractivity (Wildman–Crippen MR) is 152 cm³/mol. The molecular formula is C33H32F6O6. The van der Waals surface area contributed by atoms with Crippen molar-refractivity contribution in [3.8, 4) is 0 Å². The average Bonchev–Trinajstić information content (AvgIpc) is 3.01. The summed E-state index contributed by atoms with van der Waals surface area (Å²) >= 11 is 0. The third kappa shape index (κ3) is 7.93. The van der Waals surface area contributed by atoms with Gasteiger partial charge in [0.25, 0.3) is 11.2 Å². The number of esters is 2. The van der Waals surface area contributed by atoms with Crippen LogP contribution in [0.15, 0.2) is 103 Å². The van der Waals surface area contributed by atoms with Crippen molar-refractivity contribution in [3.05, 3.63) is 120 Å². The lowest BCUT2D eigenvalue weighted by Crippen LogP contribution is -2.52. The van der Waals surface area contributed by atoms with Gasteiger partial charge in [-0.1, -0.05) is 97.1 Å². The second kappa shape index (κ2) is 15.2. The minimum atomic E-state index is -5.19. The molecule has 0 unspecified atom stereocenters. The van der Waals surface area contributed by atoms with Crippen molar-refractivity contribution in [2.45, 2.75) is 48.9 Å². The Hall–Kier alpha value is -4.16. The van der Waals surface area contributed by atoms with Gasteiger partial charge in [0.05, 0.1) is 6.61 Å². The number of rotatable bonds is 14. The standard InChI is InChI=1S/C33H32F6O6/c1-42-30(32(34,35)36,25-16-8-4-9-17-25)28(40)44-23-13-12-20-27(22-21-24-14-6-3-7-15-24)45-29(41)31(43-2,33(37,38)39)26-18-10-5-11-19-26/h3-12,14-20,27H,13,21-23H2,1-2H3/b20-12-/t27-,30-,31-/m1/s1. The number of benzene rings is 3. The molecule has 0 aromatic heterocycles. The lowest BCUT2D eigenvalue weighted by atomic mass is 9.92. The third-order valence-electron chi connectivity index (χ3n) is 7.03. The van der Waals surface area contributed by atoms with Crippen LogP contribution in [0.2, 0.25) is 0 Å². The van der Waals surface area contributed by atoms with Crippen LogP contribution in [0.3, 0.4) is 0 Å². The van der Waals surface area contributed by atoms with E-state index in [0.29, 0.717) is 6.42 Å². The Kier molecular flexibility index (Phi) is 11.9. The van der Waals surface area contributed by atoms with E-state index < -0.39 is 59.3 Å². The van der Waals surface area contributed by atoms with E-state index in [2.05, 4.69) is 0 Å². The number of methoxy groups -OCH3 is 2. The zero-order valence-electron chi connectivity index (χ0n) is 24.4. The van der Waals surface area contributed by atoms with Crippen molar-refractivity contribution < 1.29 is 54.9 Å². The van der Waals surface area contributed by atoms with Crippen LogP contribution in [-0.2, 0) is 46.2 Å². The topological polar surface area (TPSA) is 71.1 Å². The van der Waals surface area contributed by atoms with E-state index in [1.807, 2.05) is 0 Å². The summed E-state index contributed by atoms with van der Waals surface area (Å²) in [5.41, 5.74) is -6.92. The number of aryl methyl sites for hydroxylation is 1. The Morgan fingerprint density at radius 2 is 1.13 bits per heavy atom. The maximum atomic E-state index is 14.4. The van der Waals surface area contributed by atoms with Crippen LogP contribution in [0.25, 0.3) is 0 Å². The van der Waals surface area contributed by atoms with Gasteiger partial charge in [0.15, 0.2) is 0 Å². The molecule has 6 nitrogen and oxygen atoms in total. The molecule has 3 atom stereocenters. The molecule has 0 heterocycles. The number of hydrogen-bond acceptors (Lipinski definition) is 6. The number of carbonyl (C=O) groups excluding carboxylic acids is 2. The normalized spacial score (nSPS) is 15.6. The fourth-order valence-corrected chi connectivity index (χ4v) is 4.71. The van der Waals surface area contributed by atoms with Crippen LogP contribution in [0.5, 0.6) is 0 Å². The molecule has 0 bridgehead atoms. The maximum absolute atomic E-state index is 14.4. The van der Waals surface area contributed by atoms with Crippen LogP contribution in [0, 0.1) is 0 Å². The average molecular weight is 639 g/mol. The van der Waals surface area contributed by atoms with Crippen LogP contribution < -0.4 is 0 Å². The summed E-state index contributed by atoms with van der Waals surface area (Å²) in [6.07, 6.45) is -8.68. The minimum absolute atomic E-state index is 0.0628. The van der Waals surface area contributed by atoms with E-state index in [-0.39, 0.29) is 12.8 Å². The molecule has 3 aromatic carbocycles. The zero-order chi connectivity index (χ0) is 33.1. The van der Waals surface area contributed by atoms with Gasteiger partial charge >= 0.3 is 24.3 Å². The number of ether oxygens (including phenoxy) is 4. The molecule has 0 radical (unpaired) electrons. The summed E-state index contributed by atoms with van der Waals surface area (Å²) in [4.78, 5) is 26.0. The molecule has 0 N–H and O–H groups in total. The van der Waals surface area contributed by atoms with Crippen molar-refractivity contribution in [1.82, 2.24) is 0 Å². The smallest absolute Gasteiger partial charge is 0.432 e. The summed E-state index contributed by atoms with van der Waals surface area (Å²) in [5.74, 6) is -3.39. The van der Waals surface area contributed by atoms with Crippen LogP contribution in [0.4, 0.5) is 26.3 Å². The van der Waals surface area contributed by atoms with Gasteiger partial charge in [0.2, 0.25) is 0 Å². The van der Waals surface area contributed by atoms with Gasteiger partial charge < -0.3 is 18.9 Å². The predicted octanol–water partition coefficient (Wildman–Crippen LogP) is 7.23. The molecule has 3 aromatic rings. The molecule has 0 aliphatic carbocycles. The first-order valence-electron chi connectivity index (χ1n) is 13.8. The van der Waals surface area contributed by atoms with Crippen LogP contribution in [0.1, 0.15) is 29.5 Å². The second-order valence-electron chi connectivity index (χ2n) is 9.82. The van der Waals surface area contributed by atoms with Gasteiger partial charge in [-0.05, 0) is 30.9 Å². The molecule has 0 amide bonds. The Morgan fingerprint density at radius 1 is 0.689 bits per heavy atom. The summed E-state index contributed by atoms with van der Waals surface area (Å²) in [5, 5.41) is 0. The van der Waals surface area contributed by atoms with Gasteiger partial charge in [-0.3, -0.25) is 0 Å². The van der Waals surface area contributed by atoms with E-state index in [4.69, 9.17) is 18.9 Å². The van der Waals surface area contributed by atoms with E-state index in [9.17, 15) is 35.9 Å². The van der Waals surface area contributed by atoms with Gasteiger partial charge in [0.1, 0.15) is 6.10 Å². The Morgan fingerprint density at radius 3 is 1.58 bits per heavy atom. The molecule has 3 rings (SSSR count). The molecule has 0 aliphatic rings. The first-order chi connectivity index (χ1) is 21.3. The van der Waals surface area contributed by atoms with Gasteiger partial charge in [-0.15, -0.1) is 0 Å². The monoisotopic (exact) mass is 638 g/mol. The third-order valence-corrected chi connectivity index (χ3v) is 7.03. The number of alkyl halides is 6. The highest BCUT2D eigenvalue weighted by molar-refractivity contribution is 5.83. The maximum Gasteiger partial charge on any atom is 0.432 e. The number of hydrogen-bond donors (Lipinski definition) is 0. The molecule has 12 heteroatoms. The quantitative estimate of drug-likeness (QED) is 0.0804. The van der Waals surface area contributed by atoms with Crippen LogP contribution >= 0.6 is 0 Å². The van der Waals surface area contributed by atoms with E-state index in [1.54, 1.807) is 30.3 Å². The minimum Gasteiger partial charge on any atom is -0.463 e. The van der Waals surface area contributed by atoms with E-state index in [0.717, 1.165) is 44.0 Å². The van der Waals surface area contributed by atoms with Crippen molar-refractivity contribution in [2.24, 2.45) is 0 Å². The largest absolute Gasteiger partial charge is 0.463 e.